The summed E-state index contributed by atoms with van der Waals surface area (Å²) in [6, 6.07) is 23.7. The van der Waals surface area contributed by atoms with Crippen molar-refractivity contribution in [3.05, 3.63) is 84.4 Å². The first-order valence-electron chi connectivity index (χ1n) is 8.01. The average Bonchev–Trinajstić information content (AvgIpc) is 2.67. The van der Waals surface area contributed by atoms with Gasteiger partial charge in [0, 0.05) is 17.3 Å². The molecule has 3 aromatic carbocycles. The van der Waals surface area contributed by atoms with Gasteiger partial charge in [-0.25, -0.2) is 0 Å². The number of benzene rings is 3. The number of ether oxygens (including phenoxy) is 1. The average molecular weight is 346 g/mol. The minimum Gasteiger partial charge on any atom is -0.546 e. The van der Waals surface area contributed by atoms with Gasteiger partial charge < -0.3 is 20.0 Å². The molecule has 0 fully saturated rings. The molecule has 130 valence electrons. The first-order valence-corrected chi connectivity index (χ1v) is 8.01. The number of hydrogen-bond donors (Lipinski definition) is 1. The van der Waals surface area contributed by atoms with Gasteiger partial charge in [-0.1, -0.05) is 48.5 Å². The Labute approximate surface area is 150 Å². The van der Waals surface area contributed by atoms with Crippen molar-refractivity contribution in [2.24, 2.45) is 0 Å². The lowest BCUT2D eigenvalue weighted by Gasteiger charge is -2.10. The van der Waals surface area contributed by atoms with Crippen LogP contribution in [0.15, 0.2) is 78.9 Å². The van der Waals surface area contributed by atoms with E-state index in [1.165, 1.54) is 0 Å². The lowest BCUT2D eigenvalue weighted by Crippen LogP contribution is -2.28. The third kappa shape index (κ3) is 4.48. The summed E-state index contributed by atoms with van der Waals surface area (Å²) < 4.78 is 5.05. The molecular weight excluding hydrogens is 330 g/mol. The monoisotopic (exact) mass is 346 g/mol. The molecule has 0 aromatic heterocycles. The molecule has 0 heterocycles. The third-order valence-corrected chi connectivity index (χ3v) is 3.70. The maximum absolute atomic E-state index is 12.4. The van der Waals surface area contributed by atoms with E-state index >= 15 is 0 Å². The number of hydrogen-bond acceptors (Lipinski definition) is 4. The molecule has 3 aromatic rings. The first kappa shape index (κ1) is 17.2. The van der Waals surface area contributed by atoms with Crippen molar-refractivity contribution < 1.29 is 19.4 Å². The quantitative estimate of drug-likeness (QED) is 0.744. The number of carbonyl (C=O) groups is 2. The second-order valence-electron chi connectivity index (χ2n) is 5.59. The minimum atomic E-state index is -1.31. The predicted octanol–water partition coefficient (Wildman–Crippen LogP) is 2.73. The molecule has 5 nitrogen and oxygen atoms in total. The van der Waals surface area contributed by atoms with E-state index in [4.69, 9.17) is 4.74 Å². The summed E-state index contributed by atoms with van der Waals surface area (Å²) in [7, 11) is 0. The van der Waals surface area contributed by atoms with Crippen LogP contribution in [-0.4, -0.2) is 18.5 Å². The lowest BCUT2D eigenvalue weighted by atomic mass is 10.0. The molecular formula is C21H16NO4-. The molecule has 0 saturated heterocycles. The van der Waals surface area contributed by atoms with Crippen molar-refractivity contribution in [1.29, 1.82) is 0 Å². The number of carbonyl (C=O) groups excluding carboxylic acids is 2. The van der Waals surface area contributed by atoms with E-state index in [-0.39, 0.29) is 5.91 Å². The molecule has 0 aliphatic heterocycles. The molecule has 5 heteroatoms. The van der Waals surface area contributed by atoms with E-state index in [1.807, 2.05) is 42.5 Å². The Balaban J connectivity index is 1.68. The van der Waals surface area contributed by atoms with Crippen molar-refractivity contribution >= 4 is 17.6 Å². The van der Waals surface area contributed by atoms with Gasteiger partial charge in [0.25, 0.3) is 5.91 Å². The highest BCUT2D eigenvalue weighted by atomic mass is 16.5. The lowest BCUT2D eigenvalue weighted by molar-refractivity contribution is -0.307. The van der Waals surface area contributed by atoms with Gasteiger partial charge in [-0.2, -0.15) is 0 Å². The zero-order valence-corrected chi connectivity index (χ0v) is 13.8. The highest BCUT2D eigenvalue weighted by Gasteiger charge is 2.07. The van der Waals surface area contributed by atoms with Crippen LogP contribution >= 0.6 is 0 Å². The summed E-state index contributed by atoms with van der Waals surface area (Å²) in [5, 5.41) is 13.2. The van der Waals surface area contributed by atoms with Crippen molar-refractivity contribution in [2.75, 3.05) is 11.9 Å². The largest absolute Gasteiger partial charge is 0.546 e. The zero-order chi connectivity index (χ0) is 18.4. The molecule has 26 heavy (non-hydrogen) atoms. The molecule has 0 spiro atoms. The number of carboxylic acids is 1. The molecule has 0 saturated carbocycles. The van der Waals surface area contributed by atoms with Gasteiger partial charge in [-0.05, 0) is 35.4 Å². The van der Waals surface area contributed by atoms with Gasteiger partial charge in [0.05, 0.1) is 5.97 Å². The van der Waals surface area contributed by atoms with Crippen molar-refractivity contribution in [3.63, 3.8) is 0 Å². The second kappa shape index (κ2) is 7.98. The Bertz CT molecular complexity index is 905. The molecule has 0 atom stereocenters. The van der Waals surface area contributed by atoms with Crippen LogP contribution in [0, 0.1) is 0 Å². The Morgan fingerprint density at radius 3 is 2.23 bits per heavy atom. The highest BCUT2D eigenvalue weighted by Crippen LogP contribution is 2.21. The summed E-state index contributed by atoms with van der Waals surface area (Å²) in [4.78, 5) is 22.8. The fourth-order valence-corrected chi connectivity index (χ4v) is 2.45. The number of anilines is 1. The SMILES string of the molecule is O=C([O-])COc1cccc(NC(=O)c2ccc(-c3ccccc3)cc2)c1. The second-order valence-corrected chi connectivity index (χ2v) is 5.59. The molecule has 0 unspecified atom stereocenters. The van der Waals surface area contributed by atoms with Gasteiger partial charge >= 0.3 is 0 Å². The minimum absolute atomic E-state index is 0.262. The summed E-state index contributed by atoms with van der Waals surface area (Å²) in [6.07, 6.45) is 0. The number of amides is 1. The van der Waals surface area contributed by atoms with Crippen LogP contribution in [0.25, 0.3) is 11.1 Å². The van der Waals surface area contributed by atoms with E-state index in [1.54, 1.807) is 36.4 Å². The number of aliphatic carboxylic acids is 1. The fraction of sp³-hybridized carbons (Fsp3) is 0.0476. The Hall–Kier alpha value is -3.60. The van der Waals surface area contributed by atoms with Crippen LogP contribution in [0.5, 0.6) is 5.75 Å². The molecule has 3 rings (SSSR count). The van der Waals surface area contributed by atoms with Gasteiger partial charge in [-0.3, -0.25) is 4.79 Å². The van der Waals surface area contributed by atoms with Crippen LogP contribution < -0.4 is 15.2 Å². The zero-order valence-electron chi connectivity index (χ0n) is 13.8. The van der Waals surface area contributed by atoms with Gasteiger partial charge in [0.1, 0.15) is 12.4 Å². The summed E-state index contributed by atoms with van der Waals surface area (Å²) >= 11 is 0. The van der Waals surface area contributed by atoms with E-state index in [9.17, 15) is 14.7 Å². The van der Waals surface area contributed by atoms with Crippen molar-refractivity contribution in [1.82, 2.24) is 0 Å². The Morgan fingerprint density at radius 1 is 0.846 bits per heavy atom. The smallest absolute Gasteiger partial charge is 0.255 e. The number of rotatable bonds is 6. The van der Waals surface area contributed by atoms with E-state index in [0.29, 0.717) is 17.0 Å². The number of carboxylic acid groups (broad SMARTS) is 1. The van der Waals surface area contributed by atoms with Gasteiger partial charge in [0.2, 0.25) is 0 Å². The van der Waals surface area contributed by atoms with Crippen LogP contribution in [0.3, 0.4) is 0 Å². The van der Waals surface area contributed by atoms with E-state index < -0.39 is 12.6 Å². The van der Waals surface area contributed by atoms with E-state index in [2.05, 4.69) is 5.32 Å². The fourth-order valence-electron chi connectivity index (χ4n) is 2.45. The molecule has 1 N–H and O–H groups in total. The Morgan fingerprint density at radius 2 is 1.54 bits per heavy atom. The summed E-state index contributed by atoms with van der Waals surface area (Å²) in [5.41, 5.74) is 3.14. The maximum atomic E-state index is 12.4. The van der Waals surface area contributed by atoms with Crippen molar-refractivity contribution in [2.45, 2.75) is 0 Å². The predicted molar refractivity (Wildman–Crippen MR) is 96.8 cm³/mol. The van der Waals surface area contributed by atoms with Crippen molar-refractivity contribution in [3.8, 4) is 16.9 Å². The molecule has 0 aliphatic rings. The van der Waals surface area contributed by atoms with Crippen LogP contribution in [-0.2, 0) is 4.79 Å². The van der Waals surface area contributed by atoms with Gasteiger partial charge in [0.15, 0.2) is 0 Å². The van der Waals surface area contributed by atoms with Crippen LogP contribution in [0.1, 0.15) is 10.4 Å². The molecule has 1 amide bonds. The molecule has 0 bridgehead atoms. The topological polar surface area (TPSA) is 78.5 Å². The van der Waals surface area contributed by atoms with Crippen LogP contribution in [0.2, 0.25) is 0 Å². The van der Waals surface area contributed by atoms with E-state index in [0.717, 1.165) is 11.1 Å². The molecule has 0 aliphatic carbocycles. The number of nitrogens with one attached hydrogen (secondary N) is 1. The maximum Gasteiger partial charge on any atom is 0.255 e. The highest BCUT2D eigenvalue weighted by molar-refractivity contribution is 6.04. The molecule has 0 radical (unpaired) electrons. The normalized spacial score (nSPS) is 10.2. The first-order chi connectivity index (χ1) is 12.6. The Kier molecular flexibility index (Phi) is 5.29. The third-order valence-electron chi connectivity index (χ3n) is 3.70. The standard InChI is InChI=1S/C21H17NO4/c23-20(24)14-26-19-8-4-7-18(13-19)22-21(25)17-11-9-16(10-12-17)15-5-2-1-3-6-15/h1-13H,14H2,(H,22,25)(H,23,24)/p-1. The van der Waals surface area contributed by atoms with Crippen LogP contribution in [0.4, 0.5) is 5.69 Å². The summed E-state index contributed by atoms with van der Waals surface area (Å²) in [5.74, 6) is -1.23. The van der Waals surface area contributed by atoms with Gasteiger partial charge in [-0.15, -0.1) is 0 Å². The summed E-state index contributed by atoms with van der Waals surface area (Å²) in [6.45, 7) is -0.543.